The summed E-state index contributed by atoms with van der Waals surface area (Å²) < 4.78 is 32.0. The van der Waals surface area contributed by atoms with Crippen molar-refractivity contribution in [2.45, 2.75) is 5.38 Å². The van der Waals surface area contributed by atoms with Crippen LogP contribution in [0.15, 0.2) is 34.8 Å². The number of rotatable bonds is 3. The van der Waals surface area contributed by atoms with Crippen molar-refractivity contribution in [3.8, 4) is 5.75 Å². The third kappa shape index (κ3) is 3.08. The van der Waals surface area contributed by atoms with E-state index in [1.807, 2.05) is 0 Å². The molecule has 2 rings (SSSR count). The highest BCUT2D eigenvalue weighted by molar-refractivity contribution is 9.10. The Bertz CT molecular complexity index is 649. The average molecular weight is 382 g/mol. The van der Waals surface area contributed by atoms with Gasteiger partial charge in [-0.15, -0.1) is 11.6 Å². The summed E-state index contributed by atoms with van der Waals surface area (Å²) in [5.74, 6) is -0.611. The second-order valence-electron chi connectivity index (χ2n) is 4.04. The number of alkyl halides is 1. The smallest absolute Gasteiger partial charge is 0.141 e. The summed E-state index contributed by atoms with van der Waals surface area (Å²) >= 11 is 15.5. The normalized spacial score (nSPS) is 12.3. The quantitative estimate of drug-likeness (QED) is 0.618. The van der Waals surface area contributed by atoms with E-state index in [1.54, 1.807) is 0 Å². The summed E-state index contributed by atoms with van der Waals surface area (Å²) in [6.07, 6.45) is 0. The minimum atomic E-state index is -0.685. The molecular weight excluding hydrogens is 373 g/mol. The number of halogens is 5. The van der Waals surface area contributed by atoms with Gasteiger partial charge in [0.25, 0.3) is 0 Å². The van der Waals surface area contributed by atoms with Crippen molar-refractivity contribution >= 4 is 39.1 Å². The molecule has 20 heavy (non-hydrogen) atoms. The van der Waals surface area contributed by atoms with Crippen LogP contribution in [0, 0.1) is 11.6 Å². The summed E-state index contributed by atoms with van der Waals surface area (Å²) in [6, 6.07) is 6.68. The maximum absolute atomic E-state index is 13.5. The van der Waals surface area contributed by atoms with Crippen molar-refractivity contribution in [3.05, 3.63) is 62.6 Å². The highest BCUT2D eigenvalue weighted by Gasteiger charge is 2.20. The lowest BCUT2D eigenvalue weighted by Gasteiger charge is -2.16. The third-order valence-electron chi connectivity index (χ3n) is 2.78. The van der Waals surface area contributed by atoms with E-state index in [2.05, 4.69) is 15.9 Å². The number of benzene rings is 2. The van der Waals surface area contributed by atoms with Gasteiger partial charge >= 0.3 is 0 Å². The largest absolute Gasteiger partial charge is 0.496 e. The van der Waals surface area contributed by atoms with Gasteiger partial charge in [0, 0.05) is 16.7 Å². The van der Waals surface area contributed by atoms with Gasteiger partial charge < -0.3 is 4.74 Å². The number of methoxy groups -OCH3 is 1. The van der Waals surface area contributed by atoms with Crippen LogP contribution >= 0.6 is 39.1 Å². The number of ether oxygens (including phenoxy) is 1. The third-order valence-corrected chi connectivity index (χ3v) is 4.19. The van der Waals surface area contributed by atoms with Crippen molar-refractivity contribution in [2.24, 2.45) is 0 Å². The highest BCUT2D eigenvalue weighted by atomic mass is 79.9. The molecule has 0 radical (unpaired) electrons. The molecule has 0 aromatic heterocycles. The molecule has 0 aliphatic rings. The second-order valence-corrected chi connectivity index (χ2v) is 5.73. The molecule has 0 fully saturated rings. The standard InChI is InChI=1S/C14H9BrCl2F2O/c1-20-13-6-12(19)10(15)5-9(13)14(17)8-3-2-7(18)4-11(8)16/h2-6,14H,1H3. The molecule has 0 amide bonds. The zero-order chi connectivity index (χ0) is 14.9. The summed E-state index contributed by atoms with van der Waals surface area (Å²) in [5.41, 5.74) is 1.06. The van der Waals surface area contributed by atoms with Crippen LogP contribution in [-0.4, -0.2) is 7.11 Å². The molecule has 6 heteroatoms. The van der Waals surface area contributed by atoms with Crippen molar-refractivity contribution in [3.63, 3.8) is 0 Å². The Morgan fingerprint density at radius 1 is 1.15 bits per heavy atom. The Kier molecular flexibility index (Phi) is 4.89. The fourth-order valence-corrected chi connectivity index (χ4v) is 2.85. The van der Waals surface area contributed by atoms with Crippen LogP contribution in [0.5, 0.6) is 5.75 Å². The van der Waals surface area contributed by atoms with Crippen molar-refractivity contribution in [1.82, 2.24) is 0 Å². The van der Waals surface area contributed by atoms with Crippen LogP contribution in [0.3, 0.4) is 0 Å². The van der Waals surface area contributed by atoms with Crippen LogP contribution in [0.2, 0.25) is 5.02 Å². The molecule has 2 aromatic rings. The molecule has 0 spiro atoms. The van der Waals surface area contributed by atoms with Crippen LogP contribution in [-0.2, 0) is 0 Å². The lowest BCUT2D eigenvalue weighted by Crippen LogP contribution is -2.00. The monoisotopic (exact) mass is 380 g/mol. The van der Waals surface area contributed by atoms with E-state index in [0.29, 0.717) is 16.9 Å². The Balaban J connectivity index is 2.52. The van der Waals surface area contributed by atoms with Crippen molar-refractivity contribution in [1.29, 1.82) is 0 Å². The topological polar surface area (TPSA) is 9.23 Å². The highest BCUT2D eigenvalue weighted by Crippen LogP contribution is 2.40. The molecule has 0 saturated carbocycles. The molecule has 106 valence electrons. The Hall–Kier alpha value is -0.840. The first-order valence-electron chi connectivity index (χ1n) is 5.56. The summed E-state index contributed by atoms with van der Waals surface area (Å²) in [6.45, 7) is 0. The zero-order valence-corrected chi connectivity index (χ0v) is 13.4. The molecule has 1 unspecified atom stereocenters. The maximum atomic E-state index is 13.5. The van der Waals surface area contributed by atoms with E-state index in [4.69, 9.17) is 27.9 Å². The van der Waals surface area contributed by atoms with Gasteiger partial charge in [-0.25, -0.2) is 8.78 Å². The fraction of sp³-hybridized carbons (Fsp3) is 0.143. The predicted octanol–water partition coefficient (Wildman–Crippen LogP) is 5.72. The molecule has 0 saturated heterocycles. The van der Waals surface area contributed by atoms with Gasteiger partial charge in [0.1, 0.15) is 17.4 Å². The summed E-state index contributed by atoms with van der Waals surface area (Å²) in [5, 5.41) is -0.484. The van der Waals surface area contributed by atoms with Gasteiger partial charge in [-0.1, -0.05) is 17.7 Å². The van der Waals surface area contributed by atoms with Gasteiger partial charge in [-0.2, -0.15) is 0 Å². The first-order chi connectivity index (χ1) is 9.43. The number of hydrogen-bond donors (Lipinski definition) is 0. The lowest BCUT2D eigenvalue weighted by atomic mass is 10.0. The van der Waals surface area contributed by atoms with Gasteiger partial charge in [0.15, 0.2) is 0 Å². The predicted molar refractivity (Wildman–Crippen MR) is 79.8 cm³/mol. The second kappa shape index (κ2) is 6.29. The molecule has 2 aromatic carbocycles. The van der Waals surface area contributed by atoms with Gasteiger partial charge in [-0.05, 0) is 39.7 Å². The van der Waals surface area contributed by atoms with E-state index < -0.39 is 17.0 Å². The van der Waals surface area contributed by atoms with Gasteiger partial charge in [-0.3, -0.25) is 0 Å². The number of hydrogen-bond acceptors (Lipinski definition) is 1. The van der Waals surface area contributed by atoms with Crippen LogP contribution < -0.4 is 4.74 Å². The molecule has 0 N–H and O–H groups in total. The van der Waals surface area contributed by atoms with E-state index >= 15 is 0 Å². The summed E-state index contributed by atoms with van der Waals surface area (Å²) in [7, 11) is 1.42. The lowest BCUT2D eigenvalue weighted by molar-refractivity contribution is 0.406. The minimum Gasteiger partial charge on any atom is -0.496 e. The molecule has 1 atom stereocenters. The van der Waals surface area contributed by atoms with E-state index in [1.165, 1.54) is 37.4 Å². The fourth-order valence-electron chi connectivity index (χ4n) is 1.79. The Labute approximate surface area is 133 Å². The Morgan fingerprint density at radius 2 is 1.85 bits per heavy atom. The first-order valence-corrected chi connectivity index (χ1v) is 7.16. The first kappa shape index (κ1) is 15.5. The van der Waals surface area contributed by atoms with Crippen LogP contribution in [0.25, 0.3) is 0 Å². The van der Waals surface area contributed by atoms with Gasteiger partial charge in [0.05, 0.1) is 17.0 Å². The van der Waals surface area contributed by atoms with Crippen molar-refractivity contribution < 1.29 is 13.5 Å². The molecule has 0 aliphatic heterocycles. The SMILES string of the molecule is COc1cc(F)c(Br)cc1C(Cl)c1ccc(F)cc1Cl. The minimum absolute atomic E-state index is 0.201. The van der Waals surface area contributed by atoms with Crippen LogP contribution in [0.4, 0.5) is 8.78 Å². The van der Waals surface area contributed by atoms with Gasteiger partial charge in [0.2, 0.25) is 0 Å². The Morgan fingerprint density at radius 3 is 2.45 bits per heavy atom. The molecule has 0 bridgehead atoms. The molecule has 1 nitrogen and oxygen atoms in total. The zero-order valence-electron chi connectivity index (χ0n) is 10.3. The van der Waals surface area contributed by atoms with E-state index in [-0.39, 0.29) is 9.50 Å². The van der Waals surface area contributed by atoms with Crippen LogP contribution in [0.1, 0.15) is 16.5 Å². The molecule has 0 heterocycles. The molecule has 0 aliphatic carbocycles. The summed E-state index contributed by atoms with van der Waals surface area (Å²) in [4.78, 5) is 0. The maximum Gasteiger partial charge on any atom is 0.141 e. The average Bonchev–Trinajstić information content (AvgIpc) is 2.40. The van der Waals surface area contributed by atoms with E-state index in [9.17, 15) is 8.78 Å². The molecular formula is C14H9BrCl2F2O. The van der Waals surface area contributed by atoms with Crippen molar-refractivity contribution in [2.75, 3.05) is 7.11 Å². The van der Waals surface area contributed by atoms with E-state index in [0.717, 1.165) is 0 Å².